The number of aryl methyl sites for hydroxylation is 1. The Kier molecular flexibility index (Phi) is 3.19. The molecule has 0 saturated carbocycles. The maximum atomic E-state index is 12.8. The van der Waals surface area contributed by atoms with Gasteiger partial charge in [-0.05, 0) is 17.7 Å². The summed E-state index contributed by atoms with van der Waals surface area (Å²) in [5.41, 5.74) is 0.914. The third-order valence-electron chi connectivity index (χ3n) is 1.97. The minimum atomic E-state index is -0.274. The number of hydrogen-bond acceptors (Lipinski definition) is 4. The molecule has 1 heterocycles. The van der Waals surface area contributed by atoms with Crippen LogP contribution in [0.1, 0.15) is 11.5 Å². The van der Waals surface area contributed by atoms with Crippen LogP contribution >= 0.6 is 15.9 Å². The van der Waals surface area contributed by atoms with Crippen LogP contribution in [0.4, 0.5) is 10.4 Å². The first-order chi connectivity index (χ1) is 7.65. The number of nitrogens with zero attached hydrogens (tertiary/aromatic N) is 2. The third kappa shape index (κ3) is 2.57. The summed E-state index contributed by atoms with van der Waals surface area (Å²) in [6, 6.07) is 4.86. The first-order valence-corrected chi connectivity index (χ1v) is 5.42. The average Bonchev–Trinajstić information content (AvgIpc) is 2.63. The summed E-state index contributed by atoms with van der Waals surface area (Å²) >= 11 is 3.28. The van der Waals surface area contributed by atoms with Crippen LogP contribution in [0.15, 0.2) is 27.1 Å². The molecular weight excluding hydrogens is 277 g/mol. The molecule has 0 spiro atoms. The lowest BCUT2D eigenvalue weighted by Crippen LogP contribution is -2.00. The van der Waals surface area contributed by atoms with E-state index in [1.807, 2.05) is 0 Å². The summed E-state index contributed by atoms with van der Waals surface area (Å²) in [5.74, 6) is 0.227. The number of hydrogen-bond donors (Lipinski definition) is 1. The molecule has 0 unspecified atom stereocenters. The lowest BCUT2D eigenvalue weighted by Gasteiger charge is -2.04. The van der Waals surface area contributed by atoms with Gasteiger partial charge in [0.1, 0.15) is 5.82 Å². The molecule has 0 aliphatic heterocycles. The monoisotopic (exact) mass is 285 g/mol. The quantitative estimate of drug-likeness (QED) is 0.942. The first kappa shape index (κ1) is 11.1. The molecule has 0 bridgehead atoms. The molecule has 0 fully saturated rings. The zero-order chi connectivity index (χ0) is 11.5. The number of anilines is 1. The minimum absolute atomic E-state index is 0.274. The molecule has 1 aromatic heterocycles. The van der Waals surface area contributed by atoms with Gasteiger partial charge in [-0.15, -0.1) is 5.10 Å². The van der Waals surface area contributed by atoms with Crippen LogP contribution < -0.4 is 5.32 Å². The van der Waals surface area contributed by atoms with Crippen molar-refractivity contribution < 1.29 is 8.81 Å². The van der Waals surface area contributed by atoms with Crippen molar-refractivity contribution in [3.05, 3.63) is 39.9 Å². The summed E-state index contributed by atoms with van der Waals surface area (Å²) < 4.78 is 18.7. The standard InChI is InChI=1S/C10H9BrFN3O/c1-6-14-15-10(16-6)13-5-7-2-3-8(12)4-9(7)11/h2-4H,5H2,1H3,(H,13,15). The van der Waals surface area contributed by atoms with Gasteiger partial charge in [-0.2, -0.15) is 0 Å². The van der Waals surface area contributed by atoms with Crippen molar-refractivity contribution in [2.45, 2.75) is 13.5 Å². The summed E-state index contributed by atoms with van der Waals surface area (Å²) in [6.07, 6.45) is 0. The van der Waals surface area contributed by atoms with E-state index >= 15 is 0 Å². The molecule has 2 aromatic rings. The van der Waals surface area contributed by atoms with E-state index in [1.165, 1.54) is 12.1 Å². The summed E-state index contributed by atoms with van der Waals surface area (Å²) in [7, 11) is 0. The molecule has 1 N–H and O–H groups in total. The second kappa shape index (κ2) is 4.61. The van der Waals surface area contributed by atoms with Crippen molar-refractivity contribution in [3.63, 3.8) is 0 Å². The average molecular weight is 286 g/mol. The smallest absolute Gasteiger partial charge is 0.315 e. The van der Waals surface area contributed by atoms with Gasteiger partial charge in [-0.3, -0.25) is 0 Å². The highest BCUT2D eigenvalue weighted by Gasteiger charge is 2.04. The Labute approximate surface area is 100 Å². The molecule has 0 aliphatic carbocycles. The van der Waals surface area contributed by atoms with Gasteiger partial charge in [0.2, 0.25) is 5.89 Å². The van der Waals surface area contributed by atoms with E-state index in [0.717, 1.165) is 5.56 Å². The fourth-order valence-electron chi connectivity index (χ4n) is 1.20. The SMILES string of the molecule is Cc1nnc(NCc2ccc(F)cc2Br)o1. The highest BCUT2D eigenvalue weighted by molar-refractivity contribution is 9.10. The molecule has 4 nitrogen and oxygen atoms in total. The van der Waals surface area contributed by atoms with Crippen LogP contribution in [0.2, 0.25) is 0 Å². The third-order valence-corrected chi connectivity index (χ3v) is 2.71. The van der Waals surface area contributed by atoms with Gasteiger partial charge in [-0.25, -0.2) is 4.39 Å². The van der Waals surface area contributed by atoms with Crippen LogP contribution in [0.5, 0.6) is 0 Å². The Morgan fingerprint density at radius 2 is 2.25 bits per heavy atom. The molecule has 0 radical (unpaired) electrons. The Morgan fingerprint density at radius 1 is 1.44 bits per heavy atom. The van der Waals surface area contributed by atoms with E-state index in [9.17, 15) is 4.39 Å². The molecule has 6 heteroatoms. The van der Waals surface area contributed by atoms with E-state index in [-0.39, 0.29) is 5.82 Å². The molecule has 0 amide bonds. The molecule has 84 valence electrons. The number of halogens is 2. The van der Waals surface area contributed by atoms with Crippen LogP contribution in [0.3, 0.4) is 0 Å². The van der Waals surface area contributed by atoms with E-state index in [0.29, 0.717) is 22.9 Å². The van der Waals surface area contributed by atoms with Gasteiger partial charge in [0.15, 0.2) is 0 Å². The second-order valence-electron chi connectivity index (χ2n) is 3.22. The Bertz CT molecular complexity index is 501. The van der Waals surface area contributed by atoms with Crippen molar-refractivity contribution in [1.29, 1.82) is 0 Å². The Balaban J connectivity index is 2.04. The highest BCUT2D eigenvalue weighted by atomic mass is 79.9. The fourth-order valence-corrected chi connectivity index (χ4v) is 1.69. The van der Waals surface area contributed by atoms with Crippen molar-refractivity contribution >= 4 is 21.9 Å². The van der Waals surface area contributed by atoms with Crippen molar-refractivity contribution in [2.24, 2.45) is 0 Å². The largest absolute Gasteiger partial charge is 0.408 e. The molecule has 16 heavy (non-hydrogen) atoms. The van der Waals surface area contributed by atoms with Gasteiger partial charge < -0.3 is 9.73 Å². The lowest BCUT2D eigenvalue weighted by atomic mass is 10.2. The lowest BCUT2D eigenvalue weighted by molar-refractivity contribution is 0.530. The summed E-state index contributed by atoms with van der Waals surface area (Å²) in [6.45, 7) is 2.20. The minimum Gasteiger partial charge on any atom is -0.408 e. The van der Waals surface area contributed by atoms with Gasteiger partial charge in [0, 0.05) is 17.9 Å². The van der Waals surface area contributed by atoms with Gasteiger partial charge in [-0.1, -0.05) is 27.1 Å². The molecule has 1 aromatic carbocycles. The number of rotatable bonds is 3. The van der Waals surface area contributed by atoms with E-state index in [4.69, 9.17) is 4.42 Å². The van der Waals surface area contributed by atoms with Crippen LogP contribution in [0, 0.1) is 12.7 Å². The van der Waals surface area contributed by atoms with Gasteiger partial charge in [0.05, 0.1) is 0 Å². The van der Waals surface area contributed by atoms with Crippen LogP contribution in [0.25, 0.3) is 0 Å². The summed E-state index contributed by atoms with van der Waals surface area (Å²) in [4.78, 5) is 0. The van der Waals surface area contributed by atoms with E-state index < -0.39 is 0 Å². The topological polar surface area (TPSA) is 51.0 Å². The summed E-state index contributed by atoms with van der Waals surface area (Å²) in [5, 5.41) is 10.4. The van der Waals surface area contributed by atoms with E-state index in [2.05, 4.69) is 31.4 Å². The maximum absolute atomic E-state index is 12.8. The zero-order valence-corrected chi connectivity index (χ0v) is 10.1. The van der Waals surface area contributed by atoms with Crippen molar-refractivity contribution in [2.75, 3.05) is 5.32 Å². The van der Waals surface area contributed by atoms with Crippen LogP contribution in [-0.2, 0) is 6.54 Å². The van der Waals surface area contributed by atoms with Gasteiger partial charge >= 0.3 is 6.01 Å². The highest BCUT2D eigenvalue weighted by Crippen LogP contribution is 2.19. The predicted molar refractivity (Wildman–Crippen MR) is 60.5 cm³/mol. The number of benzene rings is 1. The van der Waals surface area contributed by atoms with Crippen molar-refractivity contribution in [3.8, 4) is 0 Å². The molecule has 0 atom stereocenters. The zero-order valence-electron chi connectivity index (χ0n) is 8.50. The number of aromatic nitrogens is 2. The maximum Gasteiger partial charge on any atom is 0.315 e. The predicted octanol–water partition coefficient (Wildman–Crippen LogP) is 2.89. The fraction of sp³-hybridized carbons (Fsp3) is 0.200. The normalized spacial score (nSPS) is 10.4. The molecule has 0 saturated heterocycles. The van der Waals surface area contributed by atoms with Gasteiger partial charge in [0.25, 0.3) is 0 Å². The second-order valence-corrected chi connectivity index (χ2v) is 4.07. The Morgan fingerprint density at radius 3 is 2.88 bits per heavy atom. The Hall–Kier alpha value is -1.43. The molecular formula is C10H9BrFN3O. The van der Waals surface area contributed by atoms with Crippen molar-refractivity contribution in [1.82, 2.24) is 10.2 Å². The molecule has 2 rings (SSSR count). The number of nitrogens with one attached hydrogen (secondary N) is 1. The first-order valence-electron chi connectivity index (χ1n) is 4.63. The molecule has 0 aliphatic rings. The van der Waals surface area contributed by atoms with E-state index in [1.54, 1.807) is 13.0 Å². The van der Waals surface area contributed by atoms with Crippen LogP contribution in [-0.4, -0.2) is 10.2 Å².